The van der Waals surface area contributed by atoms with Crippen LogP contribution < -0.4 is 5.32 Å². The van der Waals surface area contributed by atoms with E-state index in [0.29, 0.717) is 5.56 Å². The zero-order valence-corrected chi connectivity index (χ0v) is 16.3. The Morgan fingerprint density at radius 3 is 2.43 bits per heavy atom. The SMILES string of the molecule is Cc1cnc(-c2ccc(C(=O)NC34CCC(O)(CC3)CC4)cc2)c2c1CC=C2. The molecule has 0 spiro atoms. The van der Waals surface area contributed by atoms with Crippen LogP contribution in [0.5, 0.6) is 0 Å². The van der Waals surface area contributed by atoms with E-state index >= 15 is 0 Å². The van der Waals surface area contributed by atoms with Gasteiger partial charge in [0, 0.05) is 28.4 Å². The number of pyridine rings is 1. The molecule has 2 bridgehead atoms. The molecule has 4 nitrogen and oxygen atoms in total. The van der Waals surface area contributed by atoms with Gasteiger partial charge in [-0.25, -0.2) is 0 Å². The molecule has 1 heterocycles. The number of carbonyl (C=O) groups is 1. The molecule has 1 amide bonds. The first-order valence-corrected chi connectivity index (χ1v) is 10.3. The summed E-state index contributed by atoms with van der Waals surface area (Å²) in [6, 6.07) is 7.79. The third-order valence-corrected chi connectivity index (χ3v) is 7.06. The lowest BCUT2D eigenvalue weighted by molar-refractivity contribution is -0.0702. The molecule has 4 aliphatic carbocycles. The molecule has 6 rings (SSSR count). The van der Waals surface area contributed by atoms with Crippen LogP contribution in [0, 0.1) is 6.92 Å². The van der Waals surface area contributed by atoms with Gasteiger partial charge in [-0.15, -0.1) is 0 Å². The predicted molar refractivity (Wildman–Crippen MR) is 110 cm³/mol. The molecule has 0 aliphatic heterocycles. The Morgan fingerprint density at radius 1 is 1.07 bits per heavy atom. The van der Waals surface area contributed by atoms with E-state index in [4.69, 9.17) is 0 Å². The zero-order chi connectivity index (χ0) is 19.4. The first kappa shape index (κ1) is 17.6. The van der Waals surface area contributed by atoms with Gasteiger partial charge in [-0.3, -0.25) is 9.78 Å². The van der Waals surface area contributed by atoms with Crippen LogP contribution in [-0.2, 0) is 6.42 Å². The molecule has 2 N–H and O–H groups in total. The summed E-state index contributed by atoms with van der Waals surface area (Å²) >= 11 is 0. The van der Waals surface area contributed by atoms with Crippen molar-refractivity contribution in [1.82, 2.24) is 10.3 Å². The van der Waals surface area contributed by atoms with Gasteiger partial charge in [0.05, 0.1) is 11.3 Å². The summed E-state index contributed by atoms with van der Waals surface area (Å²) in [6.45, 7) is 2.10. The van der Waals surface area contributed by atoms with E-state index < -0.39 is 5.60 Å². The third kappa shape index (κ3) is 2.87. The molecule has 0 unspecified atom stereocenters. The van der Waals surface area contributed by atoms with Gasteiger partial charge in [-0.2, -0.15) is 0 Å². The Morgan fingerprint density at radius 2 is 1.75 bits per heavy atom. The summed E-state index contributed by atoms with van der Waals surface area (Å²) in [5, 5.41) is 13.7. The number of rotatable bonds is 3. The number of carbonyl (C=O) groups excluding carboxylic acids is 1. The molecule has 3 saturated carbocycles. The maximum atomic E-state index is 12.9. The summed E-state index contributed by atoms with van der Waals surface area (Å²) in [6.07, 6.45) is 12.2. The van der Waals surface area contributed by atoms with Crippen LogP contribution in [0.15, 0.2) is 36.5 Å². The summed E-state index contributed by atoms with van der Waals surface area (Å²) in [5.74, 6) is -0.0131. The summed E-state index contributed by atoms with van der Waals surface area (Å²) in [5.41, 5.74) is 5.87. The molecule has 4 heteroatoms. The van der Waals surface area contributed by atoms with Crippen LogP contribution in [-0.4, -0.2) is 27.1 Å². The maximum absolute atomic E-state index is 12.9. The van der Waals surface area contributed by atoms with Crippen LogP contribution >= 0.6 is 0 Å². The van der Waals surface area contributed by atoms with Crippen LogP contribution in [0.2, 0.25) is 0 Å². The van der Waals surface area contributed by atoms with Crippen molar-refractivity contribution in [3.8, 4) is 11.3 Å². The van der Waals surface area contributed by atoms with Crippen LogP contribution in [0.1, 0.15) is 65.6 Å². The van der Waals surface area contributed by atoms with Gasteiger partial charge in [0.25, 0.3) is 5.91 Å². The van der Waals surface area contributed by atoms with Crippen molar-refractivity contribution < 1.29 is 9.90 Å². The van der Waals surface area contributed by atoms with E-state index in [1.165, 1.54) is 16.7 Å². The molecule has 28 heavy (non-hydrogen) atoms. The molecular weight excluding hydrogens is 348 g/mol. The normalized spacial score (nSPS) is 27.6. The quantitative estimate of drug-likeness (QED) is 0.847. The number of nitrogens with one attached hydrogen (secondary N) is 1. The summed E-state index contributed by atoms with van der Waals surface area (Å²) < 4.78 is 0. The first-order valence-electron chi connectivity index (χ1n) is 10.3. The number of benzene rings is 1. The minimum atomic E-state index is -0.482. The smallest absolute Gasteiger partial charge is 0.251 e. The van der Waals surface area contributed by atoms with Gasteiger partial charge < -0.3 is 10.4 Å². The molecular formula is C24H26N2O2. The highest BCUT2D eigenvalue weighted by Gasteiger charge is 2.48. The summed E-state index contributed by atoms with van der Waals surface area (Å²) in [7, 11) is 0. The number of allylic oxidation sites excluding steroid dienone is 1. The fourth-order valence-corrected chi connectivity index (χ4v) is 5.09. The highest BCUT2D eigenvalue weighted by molar-refractivity contribution is 5.95. The molecule has 2 aromatic rings. The number of fused-ring (bicyclic) bond motifs is 4. The molecule has 0 saturated heterocycles. The van der Waals surface area contributed by atoms with Crippen molar-refractivity contribution in [3.63, 3.8) is 0 Å². The zero-order valence-electron chi connectivity index (χ0n) is 16.3. The molecule has 3 fully saturated rings. The third-order valence-electron chi connectivity index (χ3n) is 7.06. The van der Waals surface area contributed by atoms with E-state index in [-0.39, 0.29) is 11.4 Å². The predicted octanol–water partition coefficient (Wildman–Crippen LogP) is 4.19. The molecule has 0 atom stereocenters. The monoisotopic (exact) mass is 374 g/mol. The second-order valence-corrected chi connectivity index (χ2v) is 8.82. The molecule has 1 aromatic heterocycles. The highest BCUT2D eigenvalue weighted by Crippen LogP contribution is 2.46. The van der Waals surface area contributed by atoms with Crippen molar-refractivity contribution in [2.75, 3.05) is 0 Å². The topological polar surface area (TPSA) is 62.2 Å². The number of aliphatic hydroxyl groups is 1. The number of aryl methyl sites for hydroxylation is 1. The Kier molecular flexibility index (Phi) is 3.95. The molecule has 144 valence electrons. The fourth-order valence-electron chi connectivity index (χ4n) is 5.09. The molecule has 1 aromatic carbocycles. The van der Waals surface area contributed by atoms with Crippen molar-refractivity contribution in [2.45, 2.75) is 63.0 Å². The Bertz CT molecular complexity index is 950. The average molecular weight is 374 g/mol. The maximum Gasteiger partial charge on any atom is 0.251 e. The van der Waals surface area contributed by atoms with Gasteiger partial charge in [-0.1, -0.05) is 24.3 Å². The lowest BCUT2D eigenvalue weighted by Gasteiger charge is -2.51. The minimum absolute atomic E-state index is 0.0131. The first-order chi connectivity index (χ1) is 13.5. The Labute approximate surface area is 165 Å². The number of hydrogen-bond acceptors (Lipinski definition) is 3. The largest absolute Gasteiger partial charge is 0.390 e. The van der Waals surface area contributed by atoms with E-state index in [1.54, 1.807) is 0 Å². The van der Waals surface area contributed by atoms with Gasteiger partial charge in [0.1, 0.15) is 0 Å². The van der Waals surface area contributed by atoms with Crippen LogP contribution in [0.25, 0.3) is 17.3 Å². The minimum Gasteiger partial charge on any atom is -0.390 e. The van der Waals surface area contributed by atoms with Crippen LogP contribution in [0.4, 0.5) is 0 Å². The van der Waals surface area contributed by atoms with Gasteiger partial charge >= 0.3 is 0 Å². The second-order valence-electron chi connectivity index (χ2n) is 8.82. The van der Waals surface area contributed by atoms with Crippen molar-refractivity contribution in [1.29, 1.82) is 0 Å². The van der Waals surface area contributed by atoms with Crippen molar-refractivity contribution in [2.24, 2.45) is 0 Å². The second kappa shape index (κ2) is 6.28. The van der Waals surface area contributed by atoms with Crippen LogP contribution in [0.3, 0.4) is 0 Å². The fraction of sp³-hybridized carbons (Fsp3) is 0.417. The van der Waals surface area contributed by atoms with Gasteiger partial charge in [0.15, 0.2) is 0 Å². The Balaban J connectivity index is 1.35. The highest BCUT2D eigenvalue weighted by atomic mass is 16.3. The van der Waals surface area contributed by atoms with E-state index in [2.05, 4.69) is 29.4 Å². The molecule has 4 aliphatic rings. The lowest BCUT2D eigenvalue weighted by Crippen LogP contribution is -2.58. The van der Waals surface area contributed by atoms with Crippen molar-refractivity contribution >= 4 is 12.0 Å². The average Bonchev–Trinajstić information content (AvgIpc) is 3.21. The van der Waals surface area contributed by atoms with E-state index in [9.17, 15) is 9.90 Å². The lowest BCUT2D eigenvalue weighted by atomic mass is 9.63. The Hall–Kier alpha value is -2.46. The number of aromatic nitrogens is 1. The van der Waals surface area contributed by atoms with Crippen molar-refractivity contribution in [3.05, 3.63) is 58.8 Å². The van der Waals surface area contributed by atoms with E-state index in [0.717, 1.165) is 56.2 Å². The standard InChI is InChI=1S/C24H26N2O2/c1-16-15-25-21(20-4-2-3-19(16)20)17-5-7-18(8-6-17)22(27)26-23-9-12-24(28,13-10-23)14-11-23/h2,4-8,15,28H,3,9-14H2,1H3,(H,26,27). The summed E-state index contributed by atoms with van der Waals surface area (Å²) in [4.78, 5) is 17.5. The number of amides is 1. The number of hydrogen-bond donors (Lipinski definition) is 2. The van der Waals surface area contributed by atoms with Gasteiger partial charge in [0.2, 0.25) is 0 Å². The molecule has 0 radical (unpaired) electrons. The van der Waals surface area contributed by atoms with Gasteiger partial charge in [-0.05, 0) is 75.1 Å². The van der Waals surface area contributed by atoms with E-state index in [1.807, 2.05) is 30.5 Å². The number of nitrogens with zero attached hydrogens (tertiary/aromatic N) is 1.